The molecule has 4 aromatic rings. The molecule has 2 aromatic carbocycles. The highest BCUT2D eigenvalue weighted by Crippen LogP contribution is 2.33. The summed E-state index contributed by atoms with van der Waals surface area (Å²) in [5.41, 5.74) is 0.593. The predicted molar refractivity (Wildman–Crippen MR) is 111 cm³/mol. The Morgan fingerprint density at radius 1 is 1.17 bits per heavy atom. The van der Waals surface area contributed by atoms with Gasteiger partial charge in [0.25, 0.3) is 5.89 Å². The van der Waals surface area contributed by atoms with Gasteiger partial charge in [0.15, 0.2) is 17.1 Å². The molecule has 1 N–H and O–H groups in total. The predicted octanol–water partition coefficient (Wildman–Crippen LogP) is 5.14. The largest absolute Gasteiger partial charge is 0.490 e. The molecule has 2 aromatic heterocycles. The summed E-state index contributed by atoms with van der Waals surface area (Å²) in [6.07, 6.45) is 0.238. The van der Waals surface area contributed by atoms with Crippen molar-refractivity contribution in [3.05, 3.63) is 54.3 Å². The van der Waals surface area contributed by atoms with Gasteiger partial charge in [0.2, 0.25) is 5.91 Å². The van der Waals surface area contributed by atoms with Crippen LogP contribution in [0.1, 0.15) is 13.3 Å². The highest BCUT2D eigenvalue weighted by molar-refractivity contribution is 7.99. The second-order valence-electron chi connectivity index (χ2n) is 6.23. The highest BCUT2D eigenvalue weighted by Gasteiger charge is 2.17. The highest BCUT2D eigenvalue weighted by atomic mass is 32.2. The molecule has 9 heteroatoms. The molecule has 0 radical (unpaired) electrons. The van der Waals surface area contributed by atoms with Gasteiger partial charge >= 0.3 is 6.01 Å². The lowest BCUT2D eigenvalue weighted by Crippen LogP contribution is -2.12. The van der Waals surface area contributed by atoms with Gasteiger partial charge in [0.1, 0.15) is 5.82 Å². The SMILES string of the molecule is CCOc1cccc2cc(-c3nnc(NC(=O)CCSc4ccc(F)cc4)o3)oc12. The average Bonchev–Trinajstić information content (AvgIpc) is 3.37. The number of benzene rings is 2. The number of anilines is 1. The Bertz CT molecular complexity index is 1160. The first kappa shape index (κ1) is 20.0. The Morgan fingerprint density at radius 2 is 2.00 bits per heavy atom. The van der Waals surface area contributed by atoms with Crippen LogP contribution in [-0.2, 0) is 4.79 Å². The Kier molecular flexibility index (Phi) is 5.99. The Labute approximate surface area is 175 Å². The number of hydrogen-bond donors (Lipinski definition) is 1. The molecule has 0 bridgehead atoms. The van der Waals surface area contributed by atoms with E-state index in [4.69, 9.17) is 13.6 Å². The number of carbonyl (C=O) groups is 1. The van der Waals surface area contributed by atoms with Gasteiger partial charge in [0, 0.05) is 22.5 Å². The quantitative estimate of drug-likeness (QED) is 0.389. The van der Waals surface area contributed by atoms with Crippen LogP contribution in [0.15, 0.2) is 62.3 Å². The van der Waals surface area contributed by atoms with Crippen molar-refractivity contribution in [2.24, 2.45) is 0 Å². The maximum absolute atomic E-state index is 12.9. The number of para-hydroxylation sites is 1. The average molecular weight is 427 g/mol. The first-order valence-electron chi connectivity index (χ1n) is 9.30. The van der Waals surface area contributed by atoms with Gasteiger partial charge in [-0.3, -0.25) is 10.1 Å². The summed E-state index contributed by atoms with van der Waals surface area (Å²) >= 11 is 1.46. The molecule has 154 valence electrons. The maximum atomic E-state index is 12.9. The standard InChI is InChI=1S/C21H18FN3O4S/c1-2-27-16-5-3-4-13-12-17(28-19(13)16)20-24-25-21(29-20)23-18(26)10-11-30-15-8-6-14(22)7-9-15/h3-9,12H,2,10-11H2,1H3,(H,23,25,26). The molecule has 7 nitrogen and oxygen atoms in total. The molecule has 0 aliphatic carbocycles. The summed E-state index contributed by atoms with van der Waals surface area (Å²) in [5.74, 6) is 1.16. The van der Waals surface area contributed by atoms with Gasteiger partial charge in [-0.1, -0.05) is 17.2 Å². The molecule has 1 amide bonds. The van der Waals surface area contributed by atoms with E-state index in [-0.39, 0.29) is 30.1 Å². The summed E-state index contributed by atoms with van der Waals surface area (Å²) < 4.78 is 29.8. The van der Waals surface area contributed by atoms with Crippen molar-refractivity contribution in [2.75, 3.05) is 17.7 Å². The van der Waals surface area contributed by atoms with Crippen molar-refractivity contribution < 1.29 is 22.8 Å². The fourth-order valence-corrected chi connectivity index (χ4v) is 3.61. The van der Waals surface area contributed by atoms with Crippen molar-refractivity contribution in [1.82, 2.24) is 10.2 Å². The van der Waals surface area contributed by atoms with E-state index in [1.54, 1.807) is 18.2 Å². The van der Waals surface area contributed by atoms with Crippen molar-refractivity contribution in [2.45, 2.75) is 18.2 Å². The monoisotopic (exact) mass is 427 g/mol. The molecule has 0 aliphatic heterocycles. The molecular weight excluding hydrogens is 409 g/mol. The third kappa shape index (κ3) is 4.62. The van der Waals surface area contributed by atoms with Crippen molar-refractivity contribution >= 4 is 34.7 Å². The van der Waals surface area contributed by atoms with Gasteiger partial charge in [-0.25, -0.2) is 4.39 Å². The number of nitrogens with zero attached hydrogens (tertiary/aromatic N) is 2. The number of thioether (sulfide) groups is 1. The minimum atomic E-state index is -0.289. The number of hydrogen-bond acceptors (Lipinski definition) is 7. The lowest BCUT2D eigenvalue weighted by Gasteiger charge is -2.02. The number of furan rings is 1. The second kappa shape index (κ2) is 9.00. The number of halogens is 1. The van der Waals surface area contributed by atoms with E-state index in [0.717, 1.165) is 10.3 Å². The van der Waals surface area contributed by atoms with Crippen LogP contribution >= 0.6 is 11.8 Å². The van der Waals surface area contributed by atoms with Crippen molar-refractivity contribution in [3.8, 4) is 17.4 Å². The van der Waals surface area contributed by atoms with E-state index < -0.39 is 0 Å². The zero-order valence-corrected chi connectivity index (χ0v) is 16.9. The molecular formula is C21H18FN3O4S. The summed E-state index contributed by atoms with van der Waals surface area (Å²) in [6, 6.07) is 13.5. The van der Waals surface area contributed by atoms with Crippen molar-refractivity contribution in [3.63, 3.8) is 0 Å². The molecule has 0 saturated carbocycles. The van der Waals surface area contributed by atoms with Gasteiger partial charge in [0.05, 0.1) is 6.61 Å². The zero-order valence-electron chi connectivity index (χ0n) is 16.1. The molecule has 4 rings (SSSR count). The molecule has 0 unspecified atom stereocenters. The van der Waals surface area contributed by atoms with Gasteiger partial charge in [-0.2, -0.15) is 0 Å². The number of aromatic nitrogens is 2. The van der Waals surface area contributed by atoms with Crippen LogP contribution in [0.3, 0.4) is 0 Å². The smallest absolute Gasteiger partial charge is 0.322 e. The summed E-state index contributed by atoms with van der Waals surface area (Å²) in [7, 11) is 0. The van der Waals surface area contributed by atoms with E-state index >= 15 is 0 Å². The van der Waals surface area contributed by atoms with Crippen LogP contribution in [0.5, 0.6) is 5.75 Å². The van der Waals surface area contributed by atoms with Gasteiger partial charge < -0.3 is 13.6 Å². The summed E-state index contributed by atoms with van der Waals surface area (Å²) in [4.78, 5) is 13.0. The van der Waals surface area contributed by atoms with Gasteiger partial charge in [-0.15, -0.1) is 16.9 Å². The topological polar surface area (TPSA) is 90.4 Å². The molecule has 0 spiro atoms. The maximum Gasteiger partial charge on any atom is 0.322 e. The molecule has 0 saturated heterocycles. The number of rotatable bonds is 8. The minimum absolute atomic E-state index is 0.00716. The van der Waals surface area contributed by atoms with E-state index in [9.17, 15) is 9.18 Å². The number of ether oxygens (including phenoxy) is 1. The normalized spacial score (nSPS) is 11.0. The van der Waals surface area contributed by atoms with E-state index in [2.05, 4.69) is 15.5 Å². The first-order valence-corrected chi connectivity index (χ1v) is 10.3. The van der Waals surface area contributed by atoms with Crippen LogP contribution in [-0.4, -0.2) is 28.5 Å². The van der Waals surface area contributed by atoms with Crippen LogP contribution < -0.4 is 10.1 Å². The number of carbonyl (C=O) groups excluding carboxylic acids is 1. The third-order valence-corrected chi connectivity index (χ3v) is 5.12. The molecule has 30 heavy (non-hydrogen) atoms. The zero-order chi connectivity index (χ0) is 20.9. The molecule has 2 heterocycles. The summed E-state index contributed by atoms with van der Waals surface area (Å²) in [5, 5.41) is 11.2. The first-order chi connectivity index (χ1) is 14.6. The van der Waals surface area contributed by atoms with Crippen LogP contribution in [0, 0.1) is 5.82 Å². The van der Waals surface area contributed by atoms with Crippen LogP contribution in [0.25, 0.3) is 22.6 Å². The Balaban J connectivity index is 1.37. The number of nitrogens with one attached hydrogen (secondary N) is 1. The lowest BCUT2D eigenvalue weighted by atomic mass is 10.2. The Morgan fingerprint density at radius 3 is 2.80 bits per heavy atom. The molecule has 0 atom stereocenters. The third-order valence-electron chi connectivity index (χ3n) is 4.10. The second-order valence-corrected chi connectivity index (χ2v) is 7.40. The molecule has 0 fully saturated rings. The van der Waals surface area contributed by atoms with Gasteiger partial charge in [-0.05, 0) is 43.3 Å². The fourth-order valence-electron chi connectivity index (χ4n) is 2.76. The van der Waals surface area contributed by atoms with Crippen molar-refractivity contribution in [1.29, 1.82) is 0 Å². The number of amides is 1. The Hall–Kier alpha value is -3.33. The van der Waals surface area contributed by atoms with Crippen LogP contribution in [0.2, 0.25) is 0 Å². The van der Waals surface area contributed by atoms with E-state index in [1.165, 1.54) is 23.9 Å². The minimum Gasteiger partial charge on any atom is -0.490 e. The van der Waals surface area contributed by atoms with E-state index in [0.29, 0.717) is 29.5 Å². The number of fused-ring (bicyclic) bond motifs is 1. The van der Waals surface area contributed by atoms with Crippen LogP contribution in [0.4, 0.5) is 10.4 Å². The lowest BCUT2D eigenvalue weighted by molar-refractivity contribution is -0.115. The molecule has 0 aliphatic rings. The summed E-state index contributed by atoms with van der Waals surface area (Å²) in [6.45, 7) is 2.42. The fraction of sp³-hybridized carbons (Fsp3) is 0.190. The van der Waals surface area contributed by atoms with E-state index in [1.807, 2.05) is 25.1 Å².